The van der Waals surface area contributed by atoms with E-state index in [1.165, 1.54) is 7.11 Å². The van der Waals surface area contributed by atoms with Crippen LogP contribution in [0, 0.1) is 0 Å². The Morgan fingerprint density at radius 2 is 2.29 bits per heavy atom. The van der Waals surface area contributed by atoms with Gasteiger partial charge in [0.05, 0.1) is 7.11 Å². The Balaban J connectivity index is 2.63. The summed E-state index contributed by atoms with van der Waals surface area (Å²) in [6.45, 7) is 0. The summed E-state index contributed by atoms with van der Waals surface area (Å²) in [5.41, 5.74) is 7.06. The molecule has 3 nitrogen and oxygen atoms in total. The van der Waals surface area contributed by atoms with E-state index < -0.39 is 0 Å². The second-order valence-electron chi connectivity index (χ2n) is 2.93. The average molecular weight is 214 g/mol. The number of carbonyl (C=O) groups is 1. The van der Waals surface area contributed by atoms with Crippen LogP contribution >= 0.6 is 11.6 Å². The Hall–Kier alpha value is -1.22. The molecule has 0 saturated carbocycles. The number of nitrogens with two attached hydrogens (primary N) is 1. The molecule has 0 aliphatic rings. The molecule has 1 aromatic carbocycles. The van der Waals surface area contributed by atoms with Gasteiger partial charge in [0, 0.05) is 17.1 Å². The van der Waals surface area contributed by atoms with Crippen LogP contribution in [-0.4, -0.2) is 13.1 Å². The Kier molecular flexibility index (Phi) is 3.77. The van der Waals surface area contributed by atoms with Crippen molar-refractivity contribution in [2.24, 2.45) is 0 Å². The fourth-order valence-corrected chi connectivity index (χ4v) is 1.39. The first kappa shape index (κ1) is 10.9. The van der Waals surface area contributed by atoms with Gasteiger partial charge in [-0.3, -0.25) is 4.79 Å². The fourth-order valence-electron chi connectivity index (χ4n) is 1.11. The first-order chi connectivity index (χ1) is 6.63. The summed E-state index contributed by atoms with van der Waals surface area (Å²) in [6, 6.07) is 5.26. The summed E-state index contributed by atoms with van der Waals surface area (Å²) in [7, 11) is 1.37. The number of methoxy groups -OCH3 is 1. The molecule has 1 rings (SSSR count). The van der Waals surface area contributed by atoms with Crippen molar-refractivity contribution in [1.29, 1.82) is 0 Å². The molecule has 0 amide bonds. The van der Waals surface area contributed by atoms with Crippen LogP contribution in [0.3, 0.4) is 0 Å². The summed E-state index contributed by atoms with van der Waals surface area (Å²) in [6.07, 6.45) is 0.909. The molecule has 1 aromatic rings. The number of ether oxygens (including phenoxy) is 1. The van der Waals surface area contributed by atoms with Gasteiger partial charge in [-0.25, -0.2) is 0 Å². The molecule has 0 aliphatic heterocycles. The van der Waals surface area contributed by atoms with E-state index in [0.29, 0.717) is 23.6 Å². The zero-order valence-corrected chi connectivity index (χ0v) is 8.67. The predicted octanol–water partition coefficient (Wildman–Crippen LogP) is 2.03. The minimum absolute atomic E-state index is 0.238. The molecule has 4 heteroatoms. The van der Waals surface area contributed by atoms with E-state index in [1.807, 2.05) is 6.07 Å². The summed E-state index contributed by atoms with van der Waals surface area (Å²) in [5.74, 6) is -0.238. The summed E-state index contributed by atoms with van der Waals surface area (Å²) in [4.78, 5) is 10.9. The monoisotopic (exact) mass is 213 g/mol. The van der Waals surface area contributed by atoms with Crippen LogP contribution in [0.4, 0.5) is 5.69 Å². The fraction of sp³-hybridized carbons (Fsp3) is 0.300. The van der Waals surface area contributed by atoms with E-state index in [1.54, 1.807) is 12.1 Å². The maximum Gasteiger partial charge on any atom is 0.305 e. The lowest BCUT2D eigenvalue weighted by molar-refractivity contribution is -0.140. The highest BCUT2D eigenvalue weighted by Crippen LogP contribution is 2.20. The maximum atomic E-state index is 10.9. The predicted molar refractivity (Wildman–Crippen MR) is 56.2 cm³/mol. The SMILES string of the molecule is COC(=O)CCc1ccc(N)cc1Cl. The number of benzene rings is 1. The molecular weight excluding hydrogens is 202 g/mol. The number of carbonyl (C=O) groups excluding carboxylic acids is 1. The number of anilines is 1. The molecule has 0 bridgehead atoms. The van der Waals surface area contributed by atoms with Crippen molar-refractivity contribution in [2.45, 2.75) is 12.8 Å². The third-order valence-electron chi connectivity index (χ3n) is 1.90. The Labute approximate surface area is 87.8 Å². The van der Waals surface area contributed by atoms with Gasteiger partial charge in [-0.05, 0) is 24.1 Å². The molecular formula is C10H12ClNO2. The highest BCUT2D eigenvalue weighted by molar-refractivity contribution is 6.31. The largest absolute Gasteiger partial charge is 0.469 e. The van der Waals surface area contributed by atoms with Gasteiger partial charge in [0.25, 0.3) is 0 Å². The van der Waals surface area contributed by atoms with Crippen molar-refractivity contribution >= 4 is 23.3 Å². The minimum atomic E-state index is -0.238. The van der Waals surface area contributed by atoms with Gasteiger partial charge < -0.3 is 10.5 Å². The highest BCUT2D eigenvalue weighted by Gasteiger charge is 2.04. The van der Waals surface area contributed by atoms with E-state index in [0.717, 1.165) is 5.56 Å². The molecule has 0 spiro atoms. The Morgan fingerprint density at radius 3 is 2.86 bits per heavy atom. The van der Waals surface area contributed by atoms with Crippen LogP contribution in [0.1, 0.15) is 12.0 Å². The second kappa shape index (κ2) is 4.86. The third-order valence-corrected chi connectivity index (χ3v) is 2.26. The van der Waals surface area contributed by atoms with Crippen LogP contribution < -0.4 is 5.73 Å². The first-order valence-electron chi connectivity index (χ1n) is 4.24. The molecule has 0 aromatic heterocycles. The van der Waals surface area contributed by atoms with E-state index >= 15 is 0 Å². The van der Waals surface area contributed by atoms with Crippen molar-refractivity contribution in [3.8, 4) is 0 Å². The summed E-state index contributed by atoms with van der Waals surface area (Å²) >= 11 is 5.92. The van der Waals surface area contributed by atoms with Crippen molar-refractivity contribution in [3.05, 3.63) is 28.8 Å². The maximum absolute atomic E-state index is 10.9. The van der Waals surface area contributed by atoms with E-state index in [4.69, 9.17) is 17.3 Å². The molecule has 14 heavy (non-hydrogen) atoms. The Morgan fingerprint density at radius 1 is 1.57 bits per heavy atom. The minimum Gasteiger partial charge on any atom is -0.469 e. The van der Waals surface area contributed by atoms with Crippen molar-refractivity contribution in [3.63, 3.8) is 0 Å². The number of hydrogen-bond donors (Lipinski definition) is 1. The van der Waals surface area contributed by atoms with Crippen LogP contribution in [0.5, 0.6) is 0 Å². The van der Waals surface area contributed by atoms with Gasteiger partial charge in [0.2, 0.25) is 0 Å². The molecule has 0 heterocycles. The standard InChI is InChI=1S/C10H12ClNO2/c1-14-10(13)5-3-7-2-4-8(12)6-9(7)11/h2,4,6H,3,5,12H2,1H3. The molecule has 0 atom stereocenters. The van der Waals surface area contributed by atoms with Crippen molar-refractivity contribution in [2.75, 3.05) is 12.8 Å². The smallest absolute Gasteiger partial charge is 0.305 e. The van der Waals surface area contributed by atoms with Gasteiger partial charge in [-0.15, -0.1) is 0 Å². The molecule has 0 aliphatic carbocycles. The van der Waals surface area contributed by atoms with Crippen LogP contribution in [0.25, 0.3) is 0 Å². The summed E-state index contributed by atoms with van der Waals surface area (Å²) in [5, 5.41) is 0.592. The lowest BCUT2D eigenvalue weighted by Gasteiger charge is -2.04. The number of halogens is 1. The van der Waals surface area contributed by atoms with Crippen LogP contribution in [-0.2, 0) is 16.0 Å². The number of esters is 1. The third kappa shape index (κ3) is 2.92. The van der Waals surface area contributed by atoms with Crippen molar-refractivity contribution in [1.82, 2.24) is 0 Å². The number of aryl methyl sites for hydroxylation is 1. The summed E-state index contributed by atoms with van der Waals surface area (Å²) < 4.78 is 4.53. The molecule has 0 fully saturated rings. The number of hydrogen-bond acceptors (Lipinski definition) is 3. The Bertz CT molecular complexity index is 339. The van der Waals surface area contributed by atoms with E-state index in [-0.39, 0.29) is 5.97 Å². The lowest BCUT2D eigenvalue weighted by Crippen LogP contribution is -2.02. The number of rotatable bonds is 3. The second-order valence-corrected chi connectivity index (χ2v) is 3.33. The molecule has 76 valence electrons. The molecule has 0 radical (unpaired) electrons. The zero-order valence-electron chi connectivity index (χ0n) is 7.92. The first-order valence-corrected chi connectivity index (χ1v) is 4.62. The van der Waals surface area contributed by atoms with Gasteiger partial charge >= 0.3 is 5.97 Å². The van der Waals surface area contributed by atoms with Gasteiger partial charge in [0.15, 0.2) is 0 Å². The molecule has 2 N–H and O–H groups in total. The highest BCUT2D eigenvalue weighted by atomic mass is 35.5. The van der Waals surface area contributed by atoms with Gasteiger partial charge in [-0.1, -0.05) is 17.7 Å². The normalized spacial score (nSPS) is 9.86. The van der Waals surface area contributed by atoms with Gasteiger partial charge in [0.1, 0.15) is 0 Å². The molecule has 0 saturated heterocycles. The van der Waals surface area contributed by atoms with Crippen molar-refractivity contribution < 1.29 is 9.53 Å². The van der Waals surface area contributed by atoms with E-state index in [2.05, 4.69) is 4.74 Å². The lowest BCUT2D eigenvalue weighted by atomic mass is 10.1. The zero-order chi connectivity index (χ0) is 10.6. The molecule has 0 unspecified atom stereocenters. The average Bonchev–Trinajstić information content (AvgIpc) is 2.16. The van der Waals surface area contributed by atoms with Crippen LogP contribution in [0.15, 0.2) is 18.2 Å². The van der Waals surface area contributed by atoms with E-state index in [9.17, 15) is 4.79 Å². The quantitative estimate of drug-likeness (QED) is 0.618. The topological polar surface area (TPSA) is 52.3 Å². The van der Waals surface area contributed by atoms with Gasteiger partial charge in [-0.2, -0.15) is 0 Å². The number of nitrogen functional groups attached to an aromatic ring is 1. The van der Waals surface area contributed by atoms with Crippen LogP contribution in [0.2, 0.25) is 5.02 Å².